The van der Waals surface area contributed by atoms with E-state index >= 15 is 0 Å². The van der Waals surface area contributed by atoms with Gasteiger partial charge in [-0.15, -0.1) is 0 Å². The first-order valence-corrected chi connectivity index (χ1v) is 4.18. The van der Waals surface area contributed by atoms with Crippen LogP contribution in [0.15, 0.2) is 24.3 Å². The molecule has 0 spiro atoms. The number of aliphatic hydroxyl groups excluding tert-OH is 2. The van der Waals surface area contributed by atoms with Crippen molar-refractivity contribution in [2.45, 2.75) is 6.10 Å². The second kappa shape index (κ2) is 5.22. The molecule has 0 radical (unpaired) electrons. The van der Waals surface area contributed by atoms with Crippen LogP contribution < -0.4 is 4.74 Å². The average Bonchev–Trinajstić information content (AvgIpc) is 2.26. The predicted molar refractivity (Wildman–Crippen MR) is 49.7 cm³/mol. The SMILES string of the molecule is N#Cc1ccccc1OC[C@H](O)CO. The zero-order valence-corrected chi connectivity index (χ0v) is 7.55. The number of benzene rings is 1. The van der Waals surface area contributed by atoms with Crippen LogP contribution in [-0.2, 0) is 0 Å². The molecule has 0 aliphatic rings. The molecule has 0 saturated heterocycles. The summed E-state index contributed by atoms with van der Waals surface area (Å²) in [5.74, 6) is 0.419. The molecular weight excluding hydrogens is 182 g/mol. The highest BCUT2D eigenvalue weighted by atomic mass is 16.5. The normalized spacial score (nSPS) is 11.8. The summed E-state index contributed by atoms with van der Waals surface area (Å²) in [6.07, 6.45) is -0.915. The zero-order chi connectivity index (χ0) is 10.4. The fourth-order valence-electron chi connectivity index (χ4n) is 0.924. The van der Waals surface area contributed by atoms with Crippen LogP contribution in [0.4, 0.5) is 0 Å². The molecule has 0 fully saturated rings. The Labute approximate surface area is 82.0 Å². The Morgan fingerprint density at radius 3 is 2.79 bits per heavy atom. The van der Waals surface area contributed by atoms with Gasteiger partial charge < -0.3 is 14.9 Å². The molecule has 4 nitrogen and oxygen atoms in total. The van der Waals surface area contributed by atoms with Gasteiger partial charge in [0.2, 0.25) is 0 Å². The van der Waals surface area contributed by atoms with Crippen LogP contribution in [0.3, 0.4) is 0 Å². The number of hydrogen-bond donors (Lipinski definition) is 2. The van der Waals surface area contributed by atoms with Crippen LogP contribution in [0.25, 0.3) is 0 Å². The van der Waals surface area contributed by atoms with Gasteiger partial charge in [0.05, 0.1) is 12.2 Å². The number of nitriles is 1. The highest BCUT2D eigenvalue weighted by molar-refractivity contribution is 5.42. The molecule has 1 aromatic rings. The van der Waals surface area contributed by atoms with E-state index in [1.165, 1.54) is 0 Å². The summed E-state index contributed by atoms with van der Waals surface area (Å²) in [6.45, 7) is -0.371. The molecule has 74 valence electrons. The smallest absolute Gasteiger partial charge is 0.137 e. The molecule has 0 aliphatic heterocycles. The van der Waals surface area contributed by atoms with Crippen molar-refractivity contribution in [3.8, 4) is 11.8 Å². The van der Waals surface area contributed by atoms with Crippen molar-refractivity contribution in [1.29, 1.82) is 5.26 Å². The Morgan fingerprint density at radius 2 is 2.14 bits per heavy atom. The molecule has 2 N–H and O–H groups in total. The summed E-state index contributed by atoms with van der Waals surface area (Å²) in [5, 5.41) is 26.3. The van der Waals surface area contributed by atoms with Crippen molar-refractivity contribution in [2.75, 3.05) is 13.2 Å². The summed E-state index contributed by atoms with van der Waals surface area (Å²) in [4.78, 5) is 0. The molecule has 1 rings (SSSR count). The molecule has 0 saturated carbocycles. The summed E-state index contributed by atoms with van der Waals surface area (Å²) >= 11 is 0. The topological polar surface area (TPSA) is 73.5 Å². The van der Waals surface area contributed by atoms with Crippen molar-refractivity contribution in [3.05, 3.63) is 29.8 Å². The van der Waals surface area contributed by atoms with Gasteiger partial charge in [-0.2, -0.15) is 5.26 Å². The monoisotopic (exact) mass is 193 g/mol. The quantitative estimate of drug-likeness (QED) is 0.720. The van der Waals surface area contributed by atoms with Crippen LogP contribution in [0.1, 0.15) is 5.56 Å². The molecule has 0 unspecified atom stereocenters. The van der Waals surface area contributed by atoms with Gasteiger partial charge >= 0.3 is 0 Å². The number of rotatable bonds is 4. The highest BCUT2D eigenvalue weighted by Crippen LogP contribution is 2.16. The lowest BCUT2D eigenvalue weighted by Crippen LogP contribution is -2.21. The number of ether oxygens (including phenoxy) is 1. The second-order valence-corrected chi connectivity index (χ2v) is 2.76. The third kappa shape index (κ3) is 2.73. The van der Waals surface area contributed by atoms with E-state index in [-0.39, 0.29) is 13.2 Å². The van der Waals surface area contributed by atoms with Crippen molar-refractivity contribution < 1.29 is 14.9 Å². The first-order chi connectivity index (χ1) is 6.77. The van der Waals surface area contributed by atoms with E-state index in [1.807, 2.05) is 6.07 Å². The van der Waals surface area contributed by atoms with Gasteiger partial charge in [0, 0.05) is 0 Å². The Hall–Kier alpha value is -1.57. The number of aliphatic hydroxyl groups is 2. The molecule has 0 bridgehead atoms. The molecular formula is C10H11NO3. The van der Waals surface area contributed by atoms with Crippen LogP contribution in [-0.4, -0.2) is 29.5 Å². The van der Waals surface area contributed by atoms with Crippen molar-refractivity contribution in [3.63, 3.8) is 0 Å². The van der Waals surface area contributed by atoms with E-state index in [0.29, 0.717) is 11.3 Å². The fourth-order valence-corrected chi connectivity index (χ4v) is 0.924. The molecule has 14 heavy (non-hydrogen) atoms. The minimum atomic E-state index is -0.915. The van der Waals surface area contributed by atoms with E-state index in [9.17, 15) is 0 Å². The second-order valence-electron chi connectivity index (χ2n) is 2.76. The summed E-state index contributed by atoms with van der Waals surface area (Å²) in [6, 6.07) is 8.70. The van der Waals surface area contributed by atoms with E-state index < -0.39 is 6.10 Å². The molecule has 0 amide bonds. The van der Waals surface area contributed by atoms with E-state index in [4.69, 9.17) is 20.2 Å². The van der Waals surface area contributed by atoms with Crippen LogP contribution in [0.2, 0.25) is 0 Å². The zero-order valence-electron chi connectivity index (χ0n) is 7.55. The third-order valence-corrected chi connectivity index (χ3v) is 1.65. The van der Waals surface area contributed by atoms with Gasteiger partial charge in [-0.05, 0) is 12.1 Å². The Kier molecular flexibility index (Phi) is 3.92. The van der Waals surface area contributed by atoms with Gasteiger partial charge in [-0.25, -0.2) is 0 Å². The van der Waals surface area contributed by atoms with Crippen LogP contribution in [0, 0.1) is 11.3 Å². The maximum Gasteiger partial charge on any atom is 0.137 e. The minimum Gasteiger partial charge on any atom is -0.489 e. The Balaban J connectivity index is 2.63. The standard InChI is InChI=1S/C10H11NO3/c11-5-8-3-1-2-4-10(8)14-7-9(13)6-12/h1-4,9,12-13H,6-7H2/t9-/m1/s1. The van der Waals surface area contributed by atoms with Gasteiger partial charge in [0.15, 0.2) is 0 Å². The van der Waals surface area contributed by atoms with E-state index in [0.717, 1.165) is 0 Å². The van der Waals surface area contributed by atoms with Crippen molar-refractivity contribution in [1.82, 2.24) is 0 Å². The lowest BCUT2D eigenvalue weighted by atomic mass is 10.2. The molecule has 0 heterocycles. The first kappa shape index (κ1) is 10.5. The van der Waals surface area contributed by atoms with Gasteiger partial charge in [-0.3, -0.25) is 0 Å². The van der Waals surface area contributed by atoms with Gasteiger partial charge in [0.25, 0.3) is 0 Å². The largest absolute Gasteiger partial charge is 0.489 e. The average molecular weight is 193 g/mol. The maximum absolute atomic E-state index is 9.02. The van der Waals surface area contributed by atoms with Crippen molar-refractivity contribution >= 4 is 0 Å². The minimum absolute atomic E-state index is 0.0187. The number of hydrogen-bond acceptors (Lipinski definition) is 4. The number of para-hydroxylation sites is 1. The summed E-state index contributed by atoms with van der Waals surface area (Å²) in [5.41, 5.74) is 0.414. The van der Waals surface area contributed by atoms with Crippen LogP contribution in [0.5, 0.6) is 5.75 Å². The van der Waals surface area contributed by atoms with E-state index in [1.54, 1.807) is 24.3 Å². The molecule has 1 aromatic carbocycles. The molecule has 1 atom stereocenters. The molecule has 0 aliphatic carbocycles. The van der Waals surface area contributed by atoms with Crippen molar-refractivity contribution in [2.24, 2.45) is 0 Å². The molecule has 0 aromatic heterocycles. The predicted octanol–water partition coefficient (Wildman–Crippen LogP) is 0.290. The lowest BCUT2D eigenvalue weighted by molar-refractivity contribution is 0.0535. The fraction of sp³-hybridized carbons (Fsp3) is 0.300. The summed E-state index contributed by atoms with van der Waals surface area (Å²) in [7, 11) is 0. The van der Waals surface area contributed by atoms with E-state index in [2.05, 4.69) is 0 Å². The Bertz CT molecular complexity index is 332. The third-order valence-electron chi connectivity index (χ3n) is 1.65. The van der Waals surface area contributed by atoms with Gasteiger partial charge in [0.1, 0.15) is 24.5 Å². The summed E-state index contributed by atoms with van der Waals surface area (Å²) < 4.78 is 5.15. The maximum atomic E-state index is 9.02. The number of nitrogens with zero attached hydrogens (tertiary/aromatic N) is 1. The van der Waals surface area contributed by atoms with Gasteiger partial charge in [-0.1, -0.05) is 12.1 Å². The highest BCUT2D eigenvalue weighted by Gasteiger charge is 2.05. The lowest BCUT2D eigenvalue weighted by Gasteiger charge is -2.10. The first-order valence-electron chi connectivity index (χ1n) is 4.18. The Morgan fingerprint density at radius 1 is 1.43 bits per heavy atom. The molecule has 4 heteroatoms. The van der Waals surface area contributed by atoms with Crippen LogP contribution >= 0.6 is 0 Å².